The predicted molar refractivity (Wildman–Crippen MR) is 47.8 cm³/mol. The summed E-state index contributed by atoms with van der Waals surface area (Å²) in [4.78, 5) is 10.6. The second-order valence-electron chi connectivity index (χ2n) is 2.35. The highest BCUT2D eigenvalue weighted by atomic mass is 35.5. The van der Waals surface area contributed by atoms with Gasteiger partial charge in [0.2, 0.25) is 0 Å². The summed E-state index contributed by atoms with van der Waals surface area (Å²) in [5.74, 6) is -0.271. The van der Waals surface area contributed by atoms with Crippen LogP contribution in [0.3, 0.4) is 0 Å². The topological polar surface area (TPSA) is 26.3 Å². The van der Waals surface area contributed by atoms with Crippen molar-refractivity contribution in [3.8, 4) is 5.75 Å². The Morgan fingerprint density at radius 3 is 2.77 bits per heavy atom. The lowest BCUT2D eigenvalue weighted by atomic mass is 10.2. The van der Waals surface area contributed by atoms with Gasteiger partial charge in [0.15, 0.2) is 0 Å². The van der Waals surface area contributed by atoms with Gasteiger partial charge in [0, 0.05) is 6.07 Å². The lowest BCUT2D eigenvalue weighted by Crippen LogP contribution is -1.97. The van der Waals surface area contributed by atoms with Gasteiger partial charge in [0.05, 0.1) is 12.2 Å². The molecule has 0 aliphatic rings. The summed E-state index contributed by atoms with van der Waals surface area (Å²) in [5.41, 5.74) is -0.134. The predicted octanol–water partition coefficient (Wildman–Crippen LogP) is 2.60. The van der Waals surface area contributed by atoms with Crippen LogP contribution in [0.1, 0.15) is 17.3 Å². The molecule has 0 aliphatic carbocycles. The van der Waals surface area contributed by atoms with Gasteiger partial charge < -0.3 is 4.74 Å². The van der Waals surface area contributed by atoms with Gasteiger partial charge in [-0.2, -0.15) is 0 Å². The number of rotatable bonds is 3. The van der Waals surface area contributed by atoms with Crippen molar-refractivity contribution in [1.82, 2.24) is 0 Å². The fourth-order valence-electron chi connectivity index (χ4n) is 0.912. The molecule has 4 heteroatoms. The zero-order valence-corrected chi connectivity index (χ0v) is 7.77. The normalized spacial score (nSPS) is 9.77. The molecule has 0 amide bonds. The Hall–Kier alpha value is -1.09. The van der Waals surface area contributed by atoms with Crippen LogP contribution in [0.4, 0.5) is 4.39 Å². The second-order valence-corrected chi connectivity index (χ2v) is 2.69. The quantitative estimate of drug-likeness (QED) is 0.705. The molecule has 0 spiro atoms. The van der Waals surface area contributed by atoms with E-state index in [1.54, 1.807) is 6.92 Å². The first-order chi connectivity index (χ1) is 6.15. The summed E-state index contributed by atoms with van der Waals surface area (Å²) in [6.45, 7) is 2.24. The third kappa shape index (κ3) is 2.42. The van der Waals surface area contributed by atoms with Crippen molar-refractivity contribution in [3.05, 3.63) is 29.6 Å². The van der Waals surface area contributed by atoms with Gasteiger partial charge in [-0.3, -0.25) is 4.79 Å². The molecule has 13 heavy (non-hydrogen) atoms. The lowest BCUT2D eigenvalue weighted by molar-refractivity contribution is 0.107. The zero-order valence-electron chi connectivity index (χ0n) is 7.01. The van der Waals surface area contributed by atoms with Crippen LogP contribution in [0.5, 0.6) is 5.75 Å². The number of ether oxygens (including phenoxy) is 1. The maximum atomic E-state index is 13.0. The molecule has 1 rings (SSSR count). The maximum Gasteiger partial charge on any atom is 0.255 e. The molecular weight excluding hydrogens is 195 g/mol. The van der Waals surface area contributed by atoms with E-state index in [1.165, 1.54) is 12.1 Å². The Morgan fingerprint density at radius 2 is 2.31 bits per heavy atom. The number of hydrogen-bond acceptors (Lipinski definition) is 2. The molecule has 0 radical (unpaired) electrons. The molecule has 0 unspecified atom stereocenters. The van der Waals surface area contributed by atoms with Gasteiger partial charge >= 0.3 is 0 Å². The maximum absolute atomic E-state index is 13.0. The second kappa shape index (κ2) is 4.23. The number of benzene rings is 1. The summed E-state index contributed by atoms with van der Waals surface area (Å²) in [6.07, 6.45) is 0. The minimum atomic E-state index is -0.805. The number of hydrogen-bond donors (Lipinski definition) is 0. The molecule has 0 aromatic heterocycles. The van der Waals surface area contributed by atoms with E-state index in [0.29, 0.717) is 12.4 Å². The van der Waals surface area contributed by atoms with Crippen molar-refractivity contribution < 1.29 is 13.9 Å². The average molecular weight is 203 g/mol. The van der Waals surface area contributed by atoms with Crippen LogP contribution in [-0.4, -0.2) is 11.8 Å². The van der Waals surface area contributed by atoms with Crippen molar-refractivity contribution in [1.29, 1.82) is 0 Å². The molecule has 70 valence electrons. The summed E-state index contributed by atoms with van der Waals surface area (Å²) in [5, 5.41) is -0.805. The Morgan fingerprint density at radius 1 is 1.62 bits per heavy atom. The number of carbonyl (C=O) groups is 1. The van der Waals surface area contributed by atoms with Crippen molar-refractivity contribution >= 4 is 16.8 Å². The van der Waals surface area contributed by atoms with E-state index < -0.39 is 11.1 Å². The van der Waals surface area contributed by atoms with Crippen LogP contribution < -0.4 is 4.74 Å². The van der Waals surface area contributed by atoms with Gasteiger partial charge in [-0.15, -0.1) is 0 Å². The highest BCUT2D eigenvalue weighted by molar-refractivity contribution is 6.67. The molecule has 0 heterocycles. The first kappa shape index (κ1) is 9.99. The summed E-state index contributed by atoms with van der Waals surface area (Å²) < 4.78 is 18.1. The highest BCUT2D eigenvalue weighted by Gasteiger charge is 2.09. The van der Waals surface area contributed by atoms with E-state index in [9.17, 15) is 9.18 Å². The zero-order chi connectivity index (χ0) is 9.84. The van der Waals surface area contributed by atoms with Gasteiger partial charge in [-0.25, -0.2) is 4.39 Å². The summed E-state index contributed by atoms with van der Waals surface area (Å²) in [6, 6.07) is 3.94. The third-order valence-electron chi connectivity index (χ3n) is 1.46. The fourth-order valence-corrected chi connectivity index (χ4v) is 1.06. The molecule has 0 aliphatic heterocycles. The van der Waals surface area contributed by atoms with Crippen LogP contribution in [0.15, 0.2) is 18.2 Å². The molecule has 0 fully saturated rings. The fraction of sp³-hybridized carbons (Fsp3) is 0.222. The van der Waals surface area contributed by atoms with E-state index in [4.69, 9.17) is 16.3 Å². The van der Waals surface area contributed by atoms with Crippen LogP contribution >= 0.6 is 11.6 Å². The van der Waals surface area contributed by atoms with Gasteiger partial charge in [0.1, 0.15) is 11.6 Å². The van der Waals surface area contributed by atoms with E-state index in [1.807, 2.05) is 0 Å². The molecular formula is C9H8ClFO2. The average Bonchev–Trinajstić information content (AvgIpc) is 2.04. The molecule has 1 aromatic rings. The van der Waals surface area contributed by atoms with Crippen molar-refractivity contribution in [3.63, 3.8) is 0 Å². The molecule has 0 N–H and O–H groups in total. The van der Waals surface area contributed by atoms with E-state index in [2.05, 4.69) is 0 Å². The van der Waals surface area contributed by atoms with Crippen LogP contribution in [0.2, 0.25) is 0 Å². The SMILES string of the molecule is CCOc1ccc(C(=O)Cl)c(F)c1. The molecule has 0 bridgehead atoms. The Bertz CT molecular complexity index is 325. The van der Waals surface area contributed by atoms with E-state index in [-0.39, 0.29) is 5.56 Å². The van der Waals surface area contributed by atoms with E-state index >= 15 is 0 Å². The van der Waals surface area contributed by atoms with Crippen molar-refractivity contribution in [2.45, 2.75) is 6.92 Å². The molecule has 1 aromatic carbocycles. The molecule has 0 saturated carbocycles. The largest absolute Gasteiger partial charge is 0.494 e. The Kier molecular flexibility index (Phi) is 3.25. The minimum Gasteiger partial charge on any atom is -0.494 e. The van der Waals surface area contributed by atoms with E-state index in [0.717, 1.165) is 6.07 Å². The summed E-state index contributed by atoms with van der Waals surface area (Å²) in [7, 11) is 0. The number of halogens is 2. The first-order valence-corrected chi connectivity index (χ1v) is 4.15. The first-order valence-electron chi connectivity index (χ1n) is 3.77. The summed E-state index contributed by atoms with van der Waals surface area (Å²) >= 11 is 5.12. The van der Waals surface area contributed by atoms with Crippen LogP contribution in [-0.2, 0) is 0 Å². The molecule has 0 atom stereocenters. The highest BCUT2D eigenvalue weighted by Crippen LogP contribution is 2.17. The van der Waals surface area contributed by atoms with Gasteiger partial charge in [-0.1, -0.05) is 0 Å². The Balaban J connectivity index is 2.98. The lowest BCUT2D eigenvalue weighted by Gasteiger charge is -2.03. The van der Waals surface area contributed by atoms with Crippen molar-refractivity contribution in [2.24, 2.45) is 0 Å². The van der Waals surface area contributed by atoms with Crippen LogP contribution in [0, 0.1) is 5.82 Å². The Labute approximate surface area is 80.3 Å². The van der Waals surface area contributed by atoms with Crippen LogP contribution in [0.25, 0.3) is 0 Å². The van der Waals surface area contributed by atoms with Gasteiger partial charge in [-0.05, 0) is 30.7 Å². The smallest absolute Gasteiger partial charge is 0.255 e. The third-order valence-corrected chi connectivity index (χ3v) is 1.67. The minimum absolute atomic E-state index is 0.134. The standard InChI is InChI=1S/C9H8ClFO2/c1-2-13-6-3-4-7(9(10)12)8(11)5-6/h3-5H,2H2,1H3. The van der Waals surface area contributed by atoms with Crippen molar-refractivity contribution in [2.75, 3.05) is 6.61 Å². The monoisotopic (exact) mass is 202 g/mol. The molecule has 0 saturated heterocycles. The number of carbonyl (C=O) groups excluding carboxylic acids is 1. The van der Waals surface area contributed by atoms with Gasteiger partial charge in [0.25, 0.3) is 5.24 Å². The molecule has 2 nitrogen and oxygen atoms in total.